The summed E-state index contributed by atoms with van der Waals surface area (Å²) in [6.07, 6.45) is 2.76. The fourth-order valence-corrected chi connectivity index (χ4v) is 1.24. The van der Waals surface area contributed by atoms with E-state index in [0.29, 0.717) is 6.42 Å². The quantitative estimate of drug-likeness (QED) is 0.480. The Morgan fingerprint density at radius 2 is 1.55 bits per heavy atom. The predicted molar refractivity (Wildman–Crippen MR) is 76.2 cm³/mol. The summed E-state index contributed by atoms with van der Waals surface area (Å²) in [5.74, 6) is -0.947. The molecule has 0 N–H and O–H groups in total. The second-order valence-electron chi connectivity index (χ2n) is 5.55. The number of carbonyl (C=O) groups excluding carboxylic acids is 2. The molecule has 114 valence electrons. The molecule has 0 radical (unpaired) electrons. The van der Waals surface area contributed by atoms with Crippen molar-refractivity contribution in [2.24, 2.45) is 0 Å². The average molecular weight is 284 g/mol. The number of ether oxygens (including phenoxy) is 3. The van der Waals surface area contributed by atoms with Crippen molar-refractivity contribution in [1.82, 2.24) is 0 Å². The van der Waals surface area contributed by atoms with E-state index in [-0.39, 0.29) is 13.2 Å². The van der Waals surface area contributed by atoms with Gasteiger partial charge in [0, 0.05) is 18.6 Å². The van der Waals surface area contributed by atoms with Gasteiger partial charge >= 0.3 is 11.9 Å². The Bertz CT molecular complexity index is 368. The van der Waals surface area contributed by atoms with Crippen LogP contribution in [0.25, 0.3) is 0 Å². The molecule has 20 heavy (non-hydrogen) atoms. The molecular formula is C15H24O5. The Morgan fingerprint density at radius 1 is 1.00 bits per heavy atom. The first kappa shape index (κ1) is 18.4. The van der Waals surface area contributed by atoms with Gasteiger partial charge in [0.15, 0.2) is 0 Å². The van der Waals surface area contributed by atoms with Crippen LogP contribution in [0.2, 0.25) is 0 Å². The molecule has 0 aromatic rings. The first-order valence-electron chi connectivity index (χ1n) is 6.40. The van der Waals surface area contributed by atoms with Gasteiger partial charge in [-0.3, -0.25) is 0 Å². The SMILES string of the molecule is C=CC(=O)OCCC(C)(C)OCC(C)(C)OC(=O)C=C. The summed E-state index contributed by atoms with van der Waals surface area (Å²) >= 11 is 0. The molecule has 0 atom stereocenters. The Morgan fingerprint density at radius 3 is 2.05 bits per heavy atom. The molecule has 0 heterocycles. The Hall–Kier alpha value is -1.62. The van der Waals surface area contributed by atoms with Crippen LogP contribution in [0.15, 0.2) is 25.3 Å². The van der Waals surface area contributed by atoms with Gasteiger partial charge in [0.2, 0.25) is 0 Å². The summed E-state index contributed by atoms with van der Waals surface area (Å²) in [5.41, 5.74) is -1.25. The van der Waals surface area contributed by atoms with Crippen molar-refractivity contribution >= 4 is 11.9 Å². The first-order chi connectivity index (χ1) is 9.12. The fourth-order valence-electron chi connectivity index (χ4n) is 1.24. The van der Waals surface area contributed by atoms with Gasteiger partial charge in [0.25, 0.3) is 0 Å². The molecule has 0 bridgehead atoms. The zero-order valence-electron chi connectivity index (χ0n) is 12.7. The van der Waals surface area contributed by atoms with Crippen molar-refractivity contribution < 1.29 is 23.8 Å². The summed E-state index contributed by atoms with van der Waals surface area (Å²) in [7, 11) is 0. The minimum absolute atomic E-state index is 0.231. The van der Waals surface area contributed by atoms with Gasteiger partial charge in [-0.2, -0.15) is 0 Å². The van der Waals surface area contributed by atoms with Crippen molar-refractivity contribution in [3.8, 4) is 0 Å². The van der Waals surface area contributed by atoms with Crippen LogP contribution >= 0.6 is 0 Å². The predicted octanol–water partition coefficient (Wildman–Crippen LogP) is 2.41. The van der Waals surface area contributed by atoms with Crippen LogP contribution in [0.1, 0.15) is 34.1 Å². The summed E-state index contributed by atoms with van der Waals surface area (Å²) < 4.78 is 15.8. The molecule has 0 aliphatic rings. The van der Waals surface area contributed by atoms with Gasteiger partial charge in [-0.05, 0) is 27.7 Å². The first-order valence-corrected chi connectivity index (χ1v) is 6.40. The molecule has 0 aliphatic carbocycles. The normalized spacial score (nSPS) is 11.6. The Labute approximate surface area is 120 Å². The van der Waals surface area contributed by atoms with Crippen LogP contribution in [-0.4, -0.2) is 36.4 Å². The standard InChI is InChI=1S/C15H24O5/c1-7-12(16)18-10-9-14(3,4)19-11-15(5,6)20-13(17)8-2/h7-8H,1-2,9-11H2,3-6H3. The van der Waals surface area contributed by atoms with E-state index in [1.807, 2.05) is 13.8 Å². The van der Waals surface area contributed by atoms with E-state index in [1.54, 1.807) is 13.8 Å². The summed E-state index contributed by atoms with van der Waals surface area (Å²) in [6.45, 7) is 14.4. The van der Waals surface area contributed by atoms with Gasteiger partial charge in [-0.25, -0.2) is 9.59 Å². The van der Waals surface area contributed by atoms with Crippen LogP contribution in [0.4, 0.5) is 0 Å². The van der Waals surface area contributed by atoms with E-state index < -0.39 is 23.1 Å². The van der Waals surface area contributed by atoms with E-state index in [2.05, 4.69) is 13.2 Å². The van der Waals surface area contributed by atoms with Crippen molar-refractivity contribution in [3.63, 3.8) is 0 Å². The highest BCUT2D eigenvalue weighted by Crippen LogP contribution is 2.19. The molecule has 0 aromatic heterocycles. The van der Waals surface area contributed by atoms with Crippen molar-refractivity contribution in [1.29, 1.82) is 0 Å². The molecule has 5 heteroatoms. The summed E-state index contributed by atoms with van der Waals surface area (Å²) in [6, 6.07) is 0. The number of carbonyl (C=O) groups is 2. The number of hydrogen-bond donors (Lipinski definition) is 0. The van der Waals surface area contributed by atoms with Gasteiger partial charge < -0.3 is 14.2 Å². The molecule has 5 nitrogen and oxygen atoms in total. The molecule has 0 saturated carbocycles. The zero-order valence-corrected chi connectivity index (χ0v) is 12.7. The maximum Gasteiger partial charge on any atom is 0.330 e. The third-order valence-electron chi connectivity index (χ3n) is 2.47. The highest BCUT2D eigenvalue weighted by molar-refractivity contribution is 5.81. The molecular weight excluding hydrogens is 260 g/mol. The highest BCUT2D eigenvalue weighted by Gasteiger charge is 2.27. The minimum atomic E-state index is -0.750. The lowest BCUT2D eigenvalue weighted by Crippen LogP contribution is -2.38. The van der Waals surface area contributed by atoms with Crippen molar-refractivity contribution in [3.05, 3.63) is 25.3 Å². The third kappa shape index (κ3) is 8.48. The Balaban J connectivity index is 4.19. The molecule has 0 fully saturated rings. The lowest BCUT2D eigenvalue weighted by Gasteiger charge is -2.31. The molecule has 0 spiro atoms. The third-order valence-corrected chi connectivity index (χ3v) is 2.47. The van der Waals surface area contributed by atoms with E-state index in [9.17, 15) is 9.59 Å². The maximum absolute atomic E-state index is 11.2. The molecule has 0 rings (SSSR count). The molecule has 0 unspecified atom stereocenters. The van der Waals surface area contributed by atoms with Crippen molar-refractivity contribution in [2.45, 2.75) is 45.3 Å². The lowest BCUT2D eigenvalue weighted by molar-refractivity contribution is -0.164. The molecule has 0 aromatic carbocycles. The zero-order chi connectivity index (χ0) is 15.8. The monoisotopic (exact) mass is 284 g/mol. The molecule has 0 aliphatic heterocycles. The second-order valence-corrected chi connectivity index (χ2v) is 5.55. The number of hydrogen-bond acceptors (Lipinski definition) is 5. The number of rotatable bonds is 9. The van der Waals surface area contributed by atoms with Gasteiger partial charge in [0.05, 0.1) is 18.8 Å². The Kier molecular flexibility index (Phi) is 7.21. The summed E-state index contributed by atoms with van der Waals surface area (Å²) in [5, 5.41) is 0. The van der Waals surface area contributed by atoms with Gasteiger partial charge in [0.1, 0.15) is 5.60 Å². The van der Waals surface area contributed by atoms with Crippen LogP contribution in [0.3, 0.4) is 0 Å². The van der Waals surface area contributed by atoms with E-state index >= 15 is 0 Å². The smallest absolute Gasteiger partial charge is 0.330 e. The van der Waals surface area contributed by atoms with Crippen LogP contribution < -0.4 is 0 Å². The van der Waals surface area contributed by atoms with Crippen LogP contribution in [0.5, 0.6) is 0 Å². The highest BCUT2D eigenvalue weighted by atomic mass is 16.6. The second kappa shape index (κ2) is 7.85. The summed E-state index contributed by atoms with van der Waals surface area (Å²) in [4.78, 5) is 22.1. The van der Waals surface area contributed by atoms with Crippen molar-refractivity contribution in [2.75, 3.05) is 13.2 Å². The van der Waals surface area contributed by atoms with Crippen LogP contribution in [-0.2, 0) is 23.8 Å². The largest absolute Gasteiger partial charge is 0.462 e. The topological polar surface area (TPSA) is 61.8 Å². The van der Waals surface area contributed by atoms with E-state index in [1.165, 1.54) is 0 Å². The fraction of sp³-hybridized carbons (Fsp3) is 0.600. The lowest BCUT2D eigenvalue weighted by atomic mass is 10.0. The van der Waals surface area contributed by atoms with E-state index in [4.69, 9.17) is 14.2 Å². The minimum Gasteiger partial charge on any atom is -0.462 e. The van der Waals surface area contributed by atoms with E-state index in [0.717, 1.165) is 12.2 Å². The van der Waals surface area contributed by atoms with Crippen LogP contribution in [0, 0.1) is 0 Å². The number of esters is 2. The van der Waals surface area contributed by atoms with Gasteiger partial charge in [-0.15, -0.1) is 0 Å². The average Bonchev–Trinajstić information content (AvgIpc) is 2.35. The maximum atomic E-state index is 11.2. The molecule has 0 saturated heterocycles. The molecule has 0 amide bonds. The van der Waals surface area contributed by atoms with Gasteiger partial charge in [-0.1, -0.05) is 13.2 Å².